The second kappa shape index (κ2) is 7.25. The van der Waals surface area contributed by atoms with Gasteiger partial charge in [0.15, 0.2) is 11.6 Å². The number of carbonyl (C=O) groups excluding carboxylic acids is 1. The maximum atomic E-state index is 13.5. The first-order valence-corrected chi connectivity index (χ1v) is 7.65. The summed E-state index contributed by atoms with van der Waals surface area (Å²) in [5.74, 6) is -3.29. The molecular weight excluding hydrogens is 387 g/mol. The third-order valence-electron chi connectivity index (χ3n) is 3.66. The van der Waals surface area contributed by atoms with E-state index in [2.05, 4.69) is 10.3 Å². The number of alkyl halides is 3. The molecule has 0 saturated heterocycles. The van der Waals surface area contributed by atoms with Gasteiger partial charge in [0.05, 0.1) is 23.0 Å². The predicted molar refractivity (Wildman–Crippen MR) is 85.6 cm³/mol. The van der Waals surface area contributed by atoms with Gasteiger partial charge in [-0.2, -0.15) is 13.2 Å². The number of amides is 1. The third-order valence-corrected chi connectivity index (χ3v) is 3.66. The zero-order chi connectivity index (χ0) is 20.5. The molecule has 0 fully saturated rings. The summed E-state index contributed by atoms with van der Waals surface area (Å²) in [6, 6.07) is 5.42. The molecule has 1 aromatic heterocycles. The van der Waals surface area contributed by atoms with E-state index in [1.165, 1.54) is 6.20 Å². The van der Waals surface area contributed by atoms with Crippen LogP contribution < -0.4 is 10.5 Å². The quantitative estimate of drug-likeness (QED) is 0.669. The van der Waals surface area contributed by atoms with E-state index in [4.69, 9.17) is 10.5 Å². The summed E-state index contributed by atoms with van der Waals surface area (Å²) in [6.45, 7) is -0.166. The molecule has 1 amide bonds. The second-order valence-electron chi connectivity index (χ2n) is 5.61. The zero-order valence-corrected chi connectivity index (χ0v) is 13.9. The first-order valence-electron chi connectivity index (χ1n) is 7.65. The predicted octanol–water partition coefficient (Wildman–Crippen LogP) is 3.24. The van der Waals surface area contributed by atoms with Crippen LogP contribution in [0.4, 0.5) is 22.0 Å². The number of rotatable bonds is 5. The van der Waals surface area contributed by atoms with E-state index in [0.29, 0.717) is 6.07 Å². The molecule has 28 heavy (non-hydrogen) atoms. The van der Waals surface area contributed by atoms with Crippen molar-refractivity contribution >= 4 is 5.91 Å². The van der Waals surface area contributed by atoms with Crippen LogP contribution in [0.3, 0.4) is 0 Å². The van der Waals surface area contributed by atoms with Crippen LogP contribution in [0.5, 0.6) is 5.75 Å². The van der Waals surface area contributed by atoms with E-state index in [0.717, 1.165) is 35.0 Å². The molecule has 2 aromatic carbocycles. The van der Waals surface area contributed by atoms with Crippen molar-refractivity contribution in [1.29, 1.82) is 0 Å². The lowest BCUT2D eigenvalue weighted by molar-refractivity contribution is -0.137. The van der Waals surface area contributed by atoms with E-state index < -0.39 is 29.3 Å². The Morgan fingerprint density at radius 3 is 2.36 bits per heavy atom. The fourth-order valence-electron chi connectivity index (χ4n) is 2.30. The summed E-state index contributed by atoms with van der Waals surface area (Å²) in [4.78, 5) is 11.4. The van der Waals surface area contributed by atoms with Crippen molar-refractivity contribution in [2.24, 2.45) is 5.73 Å². The minimum Gasteiger partial charge on any atom is -0.487 e. The summed E-state index contributed by atoms with van der Waals surface area (Å²) in [7, 11) is 0. The number of nitrogens with zero attached hydrogens (tertiary/aromatic N) is 3. The lowest BCUT2D eigenvalue weighted by Crippen LogP contribution is -2.16. The lowest BCUT2D eigenvalue weighted by Gasteiger charge is -2.08. The molecule has 0 spiro atoms. The van der Waals surface area contributed by atoms with Crippen LogP contribution in [0.25, 0.3) is 5.69 Å². The number of hydrogen-bond acceptors (Lipinski definition) is 4. The number of benzene rings is 2. The number of nitrogens with two attached hydrogens (primary N) is 1. The van der Waals surface area contributed by atoms with E-state index in [1.54, 1.807) is 0 Å². The Morgan fingerprint density at radius 2 is 1.75 bits per heavy atom. The van der Waals surface area contributed by atoms with Gasteiger partial charge >= 0.3 is 6.18 Å². The average molecular weight is 398 g/mol. The fourth-order valence-corrected chi connectivity index (χ4v) is 2.30. The number of hydrogen-bond donors (Lipinski definition) is 1. The van der Waals surface area contributed by atoms with Gasteiger partial charge in [-0.3, -0.25) is 4.79 Å². The highest BCUT2D eigenvalue weighted by atomic mass is 19.4. The molecule has 0 saturated carbocycles. The van der Waals surface area contributed by atoms with Gasteiger partial charge in [-0.05, 0) is 30.3 Å². The normalized spacial score (nSPS) is 11.5. The van der Waals surface area contributed by atoms with Crippen molar-refractivity contribution in [2.75, 3.05) is 0 Å². The second-order valence-corrected chi connectivity index (χ2v) is 5.61. The molecule has 6 nitrogen and oxygen atoms in total. The molecule has 11 heteroatoms. The molecule has 0 aliphatic rings. The van der Waals surface area contributed by atoms with Gasteiger partial charge in [0.25, 0.3) is 5.91 Å². The van der Waals surface area contributed by atoms with Crippen molar-refractivity contribution < 1.29 is 31.5 Å². The van der Waals surface area contributed by atoms with Gasteiger partial charge in [-0.15, -0.1) is 5.10 Å². The summed E-state index contributed by atoms with van der Waals surface area (Å²) in [5.41, 5.74) is 4.13. The minimum atomic E-state index is -4.45. The van der Waals surface area contributed by atoms with Gasteiger partial charge < -0.3 is 10.5 Å². The number of halogens is 5. The molecule has 3 aromatic rings. The van der Waals surface area contributed by atoms with Crippen LogP contribution in [0.15, 0.2) is 42.6 Å². The topological polar surface area (TPSA) is 83.0 Å². The highest BCUT2D eigenvalue weighted by Crippen LogP contribution is 2.30. The Hall–Kier alpha value is -3.50. The molecule has 0 atom stereocenters. The SMILES string of the molecule is NC(=O)c1cc(F)c(F)cc1-n1cc(COc2ccc(C(F)(F)F)cc2)nn1. The molecule has 3 rings (SSSR count). The molecule has 0 aliphatic carbocycles. The molecule has 0 aliphatic heterocycles. The maximum absolute atomic E-state index is 13.5. The Bertz CT molecular complexity index is 1020. The van der Waals surface area contributed by atoms with E-state index in [9.17, 15) is 26.7 Å². The largest absolute Gasteiger partial charge is 0.487 e. The Kier molecular flexibility index (Phi) is 4.99. The van der Waals surface area contributed by atoms with Crippen LogP contribution in [-0.2, 0) is 12.8 Å². The maximum Gasteiger partial charge on any atom is 0.416 e. The van der Waals surface area contributed by atoms with Gasteiger partial charge in [0, 0.05) is 6.07 Å². The number of ether oxygens (including phenoxy) is 1. The number of aromatic nitrogens is 3. The van der Waals surface area contributed by atoms with Gasteiger partial charge in [-0.25, -0.2) is 13.5 Å². The van der Waals surface area contributed by atoms with Crippen LogP contribution in [0.1, 0.15) is 21.6 Å². The summed E-state index contributed by atoms with van der Waals surface area (Å²) < 4.78 is 70.8. The molecule has 0 radical (unpaired) electrons. The van der Waals surface area contributed by atoms with Crippen molar-refractivity contribution in [3.05, 3.63) is 71.1 Å². The Balaban J connectivity index is 1.76. The van der Waals surface area contributed by atoms with Crippen molar-refractivity contribution in [2.45, 2.75) is 12.8 Å². The van der Waals surface area contributed by atoms with Gasteiger partial charge in [0.1, 0.15) is 18.1 Å². The molecule has 2 N–H and O–H groups in total. The highest BCUT2D eigenvalue weighted by Gasteiger charge is 2.30. The van der Waals surface area contributed by atoms with Crippen molar-refractivity contribution in [1.82, 2.24) is 15.0 Å². The van der Waals surface area contributed by atoms with E-state index in [1.807, 2.05) is 0 Å². The third kappa shape index (κ3) is 4.08. The molecule has 0 bridgehead atoms. The van der Waals surface area contributed by atoms with Gasteiger partial charge in [-0.1, -0.05) is 5.21 Å². The van der Waals surface area contributed by atoms with Crippen LogP contribution in [0.2, 0.25) is 0 Å². The fraction of sp³-hybridized carbons (Fsp3) is 0.118. The van der Waals surface area contributed by atoms with E-state index >= 15 is 0 Å². The molecular formula is C17H11F5N4O2. The van der Waals surface area contributed by atoms with Crippen LogP contribution in [-0.4, -0.2) is 20.9 Å². The summed E-state index contributed by atoms with van der Waals surface area (Å²) in [5, 5.41) is 7.46. The summed E-state index contributed by atoms with van der Waals surface area (Å²) >= 11 is 0. The monoisotopic (exact) mass is 398 g/mol. The van der Waals surface area contributed by atoms with Gasteiger partial charge in [0.2, 0.25) is 0 Å². The highest BCUT2D eigenvalue weighted by molar-refractivity contribution is 5.96. The van der Waals surface area contributed by atoms with Crippen molar-refractivity contribution in [3.8, 4) is 11.4 Å². The average Bonchev–Trinajstić information content (AvgIpc) is 3.10. The van der Waals surface area contributed by atoms with Crippen LogP contribution in [0, 0.1) is 11.6 Å². The Morgan fingerprint density at radius 1 is 1.11 bits per heavy atom. The molecule has 146 valence electrons. The number of carbonyl (C=O) groups is 1. The zero-order valence-electron chi connectivity index (χ0n) is 13.9. The van der Waals surface area contributed by atoms with E-state index in [-0.39, 0.29) is 29.3 Å². The molecule has 0 unspecified atom stereocenters. The first-order chi connectivity index (χ1) is 13.1. The first kappa shape index (κ1) is 19.3. The summed E-state index contributed by atoms with van der Waals surface area (Å²) in [6.07, 6.45) is -3.17. The lowest BCUT2D eigenvalue weighted by atomic mass is 10.1. The standard InChI is InChI=1S/C17H11F5N4O2/c18-13-5-12(16(23)27)15(6-14(13)19)26-7-10(24-25-26)8-28-11-3-1-9(2-4-11)17(20,21)22/h1-7H,8H2,(H2,23,27). The smallest absolute Gasteiger partial charge is 0.416 e. The van der Waals surface area contributed by atoms with Crippen LogP contribution >= 0.6 is 0 Å². The Labute approximate surface area is 154 Å². The molecule has 1 heterocycles. The van der Waals surface area contributed by atoms with Crippen molar-refractivity contribution in [3.63, 3.8) is 0 Å². The number of primary amides is 1. The minimum absolute atomic E-state index is 0.125.